The molecular weight excluding hydrogens is 344 g/mol. The van der Waals surface area contributed by atoms with Gasteiger partial charge in [-0.15, -0.1) is 0 Å². The largest absolute Gasteiger partial charge is 0.462 e. The molecule has 8 nitrogen and oxygen atoms in total. The van der Waals surface area contributed by atoms with Crippen molar-refractivity contribution in [1.29, 1.82) is 0 Å². The first kappa shape index (κ1) is 25.0. The second kappa shape index (κ2) is 14.1. The highest BCUT2D eigenvalue weighted by Crippen LogP contribution is 2.24. The Hall–Kier alpha value is -1.03. The van der Waals surface area contributed by atoms with Gasteiger partial charge in [0.25, 0.3) is 0 Å². The van der Waals surface area contributed by atoms with Gasteiger partial charge in [0.15, 0.2) is 0 Å². The molecule has 0 spiro atoms. The summed E-state index contributed by atoms with van der Waals surface area (Å²) in [7, 11) is 8.01. The molecule has 0 heterocycles. The van der Waals surface area contributed by atoms with Crippen molar-refractivity contribution in [1.82, 2.24) is 0 Å². The number of methoxy groups -OCH3 is 5. The lowest BCUT2D eigenvalue weighted by atomic mass is 9.90. The molecule has 8 heteroatoms. The average molecular weight is 378 g/mol. The monoisotopic (exact) mass is 378 g/mol. The standard InChI is InChI=1S/C18H34O8/c1-7-16(19)26-15-18(11-23-5,12-24-6)14-25-13-17(8-20-2,9-21-3)10-22-4/h7H,1,8-15H2,2-6H3. The van der Waals surface area contributed by atoms with Crippen molar-refractivity contribution in [2.45, 2.75) is 0 Å². The summed E-state index contributed by atoms with van der Waals surface area (Å²) in [6.45, 7) is 5.95. The molecule has 0 fully saturated rings. The van der Waals surface area contributed by atoms with Crippen LogP contribution in [0.25, 0.3) is 0 Å². The highest BCUT2D eigenvalue weighted by Gasteiger charge is 2.36. The quantitative estimate of drug-likeness (QED) is 0.273. The summed E-state index contributed by atoms with van der Waals surface area (Å²) in [5, 5.41) is 0. The molecule has 0 aromatic carbocycles. The van der Waals surface area contributed by atoms with Crippen molar-refractivity contribution >= 4 is 5.97 Å². The van der Waals surface area contributed by atoms with Crippen molar-refractivity contribution in [3.63, 3.8) is 0 Å². The summed E-state index contributed by atoms with van der Waals surface area (Å²) in [5.74, 6) is -0.505. The van der Waals surface area contributed by atoms with E-state index in [-0.39, 0.29) is 13.2 Å². The molecule has 0 saturated carbocycles. The van der Waals surface area contributed by atoms with Crippen LogP contribution in [0.15, 0.2) is 12.7 Å². The van der Waals surface area contributed by atoms with E-state index in [0.717, 1.165) is 6.08 Å². The van der Waals surface area contributed by atoms with E-state index in [9.17, 15) is 4.79 Å². The van der Waals surface area contributed by atoms with Gasteiger partial charge in [-0.3, -0.25) is 0 Å². The van der Waals surface area contributed by atoms with Crippen molar-refractivity contribution in [2.75, 3.05) is 88.4 Å². The minimum absolute atomic E-state index is 0.0887. The zero-order valence-electron chi connectivity index (χ0n) is 16.7. The van der Waals surface area contributed by atoms with Gasteiger partial charge in [-0.25, -0.2) is 4.79 Å². The molecule has 0 rings (SSSR count). The molecule has 0 aromatic rings. The zero-order valence-corrected chi connectivity index (χ0v) is 16.7. The molecule has 0 aliphatic rings. The Morgan fingerprint density at radius 2 is 1.04 bits per heavy atom. The smallest absolute Gasteiger partial charge is 0.330 e. The topological polar surface area (TPSA) is 81.7 Å². The second-order valence-electron chi connectivity index (χ2n) is 6.47. The normalized spacial score (nSPS) is 12.2. The van der Waals surface area contributed by atoms with Gasteiger partial charge in [0.1, 0.15) is 6.61 Å². The number of carbonyl (C=O) groups excluding carboxylic acids is 1. The van der Waals surface area contributed by atoms with Gasteiger partial charge in [0, 0.05) is 41.6 Å². The summed E-state index contributed by atoms with van der Waals surface area (Å²) in [6, 6.07) is 0. The summed E-state index contributed by atoms with van der Waals surface area (Å²) in [5.41, 5.74) is -1.08. The molecule has 0 atom stereocenters. The van der Waals surface area contributed by atoms with E-state index in [0.29, 0.717) is 39.6 Å². The summed E-state index contributed by atoms with van der Waals surface area (Å²) >= 11 is 0. The molecule has 154 valence electrons. The number of carbonyl (C=O) groups is 1. The Morgan fingerprint density at radius 1 is 0.692 bits per heavy atom. The first-order valence-corrected chi connectivity index (χ1v) is 8.28. The highest BCUT2D eigenvalue weighted by molar-refractivity contribution is 5.81. The van der Waals surface area contributed by atoms with Crippen LogP contribution in [0.3, 0.4) is 0 Å². The lowest BCUT2D eigenvalue weighted by Gasteiger charge is -2.35. The Labute approximate surface area is 156 Å². The number of ether oxygens (including phenoxy) is 7. The molecule has 0 amide bonds. The van der Waals surface area contributed by atoms with Crippen LogP contribution >= 0.6 is 0 Å². The van der Waals surface area contributed by atoms with E-state index < -0.39 is 16.8 Å². The Morgan fingerprint density at radius 3 is 1.35 bits per heavy atom. The zero-order chi connectivity index (χ0) is 19.9. The van der Waals surface area contributed by atoms with E-state index in [1.54, 1.807) is 35.5 Å². The van der Waals surface area contributed by atoms with Crippen molar-refractivity contribution in [3.05, 3.63) is 12.7 Å². The second-order valence-corrected chi connectivity index (χ2v) is 6.47. The molecule has 0 radical (unpaired) electrons. The molecule has 0 aromatic heterocycles. The Bertz CT molecular complexity index is 362. The van der Waals surface area contributed by atoms with Gasteiger partial charge in [0.05, 0.1) is 57.1 Å². The van der Waals surface area contributed by atoms with Crippen molar-refractivity contribution in [3.8, 4) is 0 Å². The first-order chi connectivity index (χ1) is 12.5. The van der Waals surface area contributed by atoms with E-state index in [1.165, 1.54) is 0 Å². The Balaban J connectivity index is 5.05. The van der Waals surface area contributed by atoms with Crippen LogP contribution in [0.1, 0.15) is 0 Å². The van der Waals surface area contributed by atoms with Crippen molar-refractivity contribution in [2.24, 2.45) is 10.8 Å². The maximum Gasteiger partial charge on any atom is 0.330 e. The number of rotatable bonds is 17. The highest BCUT2D eigenvalue weighted by atomic mass is 16.5. The number of hydrogen-bond donors (Lipinski definition) is 0. The third-order valence-corrected chi connectivity index (χ3v) is 3.76. The summed E-state index contributed by atoms with van der Waals surface area (Å²) in [4.78, 5) is 11.4. The first-order valence-electron chi connectivity index (χ1n) is 8.28. The van der Waals surface area contributed by atoms with E-state index >= 15 is 0 Å². The Kier molecular flexibility index (Phi) is 13.5. The maximum absolute atomic E-state index is 11.4. The van der Waals surface area contributed by atoms with Crippen molar-refractivity contribution < 1.29 is 38.0 Å². The van der Waals surface area contributed by atoms with E-state index in [2.05, 4.69) is 6.58 Å². The van der Waals surface area contributed by atoms with Crippen LogP contribution in [-0.4, -0.2) is 94.4 Å². The summed E-state index contributed by atoms with van der Waals surface area (Å²) in [6.07, 6.45) is 1.12. The molecular formula is C18H34O8. The molecule has 0 bridgehead atoms. The fourth-order valence-corrected chi connectivity index (χ4v) is 2.80. The van der Waals surface area contributed by atoms with Crippen LogP contribution in [0.2, 0.25) is 0 Å². The lowest BCUT2D eigenvalue weighted by Crippen LogP contribution is -2.45. The third-order valence-electron chi connectivity index (χ3n) is 3.76. The van der Waals surface area contributed by atoms with Crippen LogP contribution in [0.4, 0.5) is 0 Å². The fourth-order valence-electron chi connectivity index (χ4n) is 2.80. The molecule has 0 aliphatic carbocycles. The SMILES string of the molecule is C=CC(=O)OCC(COC)(COC)COCC(COC)(COC)COC. The van der Waals surface area contributed by atoms with E-state index in [1.807, 2.05) is 0 Å². The van der Waals surface area contributed by atoms with Gasteiger partial charge >= 0.3 is 5.97 Å². The van der Waals surface area contributed by atoms with Crippen LogP contribution in [0, 0.1) is 10.8 Å². The predicted octanol–water partition coefficient (Wildman–Crippen LogP) is 0.937. The van der Waals surface area contributed by atoms with Crippen LogP contribution in [-0.2, 0) is 38.0 Å². The van der Waals surface area contributed by atoms with E-state index in [4.69, 9.17) is 33.2 Å². The summed E-state index contributed by atoms with van der Waals surface area (Å²) < 4.78 is 37.7. The van der Waals surface area contributed by atoms with Gasteiger partial charge in [-0.05, 0) is 0 Å². The number of esters is 1. The molecule has 26 heavy (non-hydrogen) atoms. The van der Waals surface area contributed by atoms with Gasteiger partial charge in [-0.1, -0.05) is 6.58 Å². The number of hydrogen-bond acceptors (Lipinski definition) is 8. The molecule has 0 N–H and O–H groups in total. The molecule has 0 aliphatic heterocycles. The average Bonchev–Trinajstić information content (AvgIpc) is 2.61. The minimum Gasteiger partial charge on any atom is -0.462 e. The molecule has 0 saturated heterocycles. The lowest BCUT2D eigenvalue weighted by molar-refractivity contribution is -0.152. The van der Waals surface area contributed by atoms with Crippen LogP contribution in [0.5, 0.6) is 0 Å². The fraction of sp³-hybridized carbons (Fsp3) is 0.833. The van der Waals surface area contributed by atoms with Crippen LogP contribution < -0.4 is 0 Å². The van der Waals surface area contributed by atoms with Gasteiger partial charge in [0.2, 0.25) is 0 Å². The minimum atomic E-state index is -0.638. The third kappa shape index (κ3) is 9.07. The maximum atomic E-state index is 11.4. The van der Waals surface area contributed by atoms with Gasteiger partial charge in [-0.2, -0.15) is 0 Å². The van der Waals surface area contributed by atoms with Gasteiger partial charge < -0.3 is 33.2 Å². The molecule has 0 unspecified atom stereocenters. The predicted molar refractivity (Wildman–Crippen MR) is 96.2 cm³/mol.